The molecule has 0 aromatic heterocycles. The summed E-state index contributed by atoms with van der Waals surface area (Å²) in [5, 5.41) is 4.38. The fourth-order valence-electron chi connectivity index (χ4n) is 2.61. The molecule has 0 saturated heterocycles. The molecule has 0 amide bonds. The van der Waals surface area contributed by atoms with Crippen molar-refractivity contribution < 1.29 is 0 Å². The fraction of sp³-hybridized carbons (Fsp3) is 0.571. The molecule has 2 unspecified atom stereocenters. The summed E-state index contributed by atoms with van der Waals surface area (Å²) in [4.78, 5) is 0. The van der Waals surface area contributed by atoms with Crippen LogP contribution < -0.4 is 5.32 Å². The van der Waals surface area contributed by atoms with Gasteiger partial charge in [-0.1, -0.05) is 37.8 Å². The van der Waals surface area contributed by atoms with Crippen LogP contribution in [0.25, 0.3) is 0 Å². The van der Waals surface area contributed by atoms with E-state index in [-0.39, 0.29) is 0 Å². The second-order valence-corrected chi connectivity index (χ2v) is 6.17. The van der Waals surface area contributed by atoms with E-state index in [4.69, 9.17) is 11.6 Å². The molecule has 0 aliphatic heterocycles. The molecule has 1 aliphatic rings. The third-order valence-electron chi connectivity index (χ3n) is 3.65. The summed E-state index contributed by atoms with van der Waals surface area (Å²) < 4.78 is 0.958. The topological polar surface area (TPSA) is 12.0 Å². The Morgan fingerprint density at radius 3 is 2.94 bits per heavy atom. The molecular formula is C14H19BrClN. The Labute approximate surface area is 117 Å². The Morgan fingerprint density at radius 1 is 1.41 bits per heavy atom. The zero-order valence-corrected chi connectivity index (χ0v) is 12.5. The maximum Gasteiger partial charge on any atom is 0.0568 e. The summed E-state index contributed by atoms with van der Waals surface area (Å²) in [5.74, 6) is 0.896. The lowest BCUT2D eigenvalue weighted by Gasteiger charge is -2.29. The summed E-state index contributed by atoms with van der Waals surface area (Å²) >= 11 is 9.52. The molecule has 1 nitrogen and oxygen atoms in total. The average molecular weight is 317 g/mol. The number of rotatable bonds is 3. The zero-order valence-electron chi connectivity index (χ0n) is 10.2. The van der Waals surface area contributed by atoms with E-state index in [1.54, 1.807) is 0 Å². The van der Waals surface area contributed by atoms with Crippen molar-refractivity contribution in [1.29, 1.82) is 0 Å². The minimum Gasteiger partial charge on any atom is -0.382 e. The van der Waals surface area contributed by atoms with Gasteiger partial charge in [0.1, 0.15) is 0 Å². The van der Waals surface area contributed by atoms with Gasteiger partial charge >= 0.3 is 0 Å². The summed E-state index contributed by atoms with van der Waals surface area (Å²) in [7, 11) is 0. The summed E-state index contributed by atoms with van der Waals surface area (Å²) in [6.45, 7) is 2.30. The fourth-order valence-corrected chi connectivity index (χ4v) is 3.04. The molecule has 2 atom stereocenters. The van der Waals surface area contributed by atoms with Gasteiger partial charge in [-0.25, -0.2) is 0 Å². The first-order valence-corrected chi connectivity index (χ1v) is 7.57. The molecule has 0 radical (unpaired) electrons. The van der Waals surface area contributed by atoms with E-state index in [0.29, 0.717) is 6.04 Å². The second kappa shape index (κ2) is 6.10. The highest BCUT2D eigenvalue weighted by Crippen LogP contribution is 2.30. The minimum absolute atomic E-state index is 0.617. The molecule has 1 aromatic carbocycles. The van der Waals surface area contributed by atoms with Crippen LogP contribution in [0.15, 0.2) is 22.7 Å². The lowest BCUT2D eigenvalue weighted by Crippen LogP contribution is -2.27. The quantitative estimate of drug-likeness (QED) is 0.778. The van der Waals surface area contributed by atoms with E-state index in [1.165, 1.54) is 32.1 Å². The molecule has 0 heterocycles. The van der Waals surface area contributed by atoms with E-state index in [1.807, 2.05) is 12.1 Å². The molecule has 3 heteroatoms. The van der Waals surface area contributed by atoms with Crippen LogP contribution in [-0.4, -0.2) is 6.04 Å². The van der Waals surface area contributed by atoms with Crippen LogP contribution in [0, 0.1) is 5.92 Å². The van der Waals surface area contributed by atoms with E-state index < -0.39 is 0 Å². The highest BCUT2D eigenvalue weighted by molar-refractivity contribution is 9.10. The van der Waals surface area contributed by atoms with Crippen LogP contribution in [0.3, 0.4) is 0 Å². The van der Waals surface area contributed by atoms with Crippen molar-refractivity contribution >= 4 is 33.2 Å². The van der Waals surface area contributed by atoms with Gasteiger partial charge in [0.2, 0.25) is 0 Å². The van der Waals surface area contributed by atoms with Crippen LogP contribution in [0.4, 0.5) is 5.69 Å². The molecule has 17 heavy (non-hydrogen) atoms. The van der Waals surface area contributed by atoms with Crippen molar-refractivity contribution in [2.45, 2.75) is 45.1 Å². The van der Waals surface area contributed by atoms with E-state index >= 15 is 0 Å². The zero-order chi connectivity index (χ0) is 12.3. The van der Waals surface area contributed by atoms with Gasteiger partial charge in [0, 0.05) is 16.2 Å². The molecule has 1 aromatic rings. The largest absolute Gasteiger partial charge is 0.382 e. The van der Waals surface area contributed by atoms with Gasteiger partial charge in [-0.3, -0.25) is 0 Å². The van der Waals surface area contributed by atoms with Crippen LogP contribution in [0.2, 0.25) is 5.02 Å². The third kappa shape index (κ3) is 3.62. The monoisotopic (exact) mass is 315 g/mol. The van der Waals surface area contributed by atoms with Crippen LogP contribution >= 0.6 is 27.5 Å². The lowest BCUT2D eigenvalue weighted by atomic mass is 9.84. The molecule has 1 N–H and O–H groups in total. The maximum absolute atomic E-state index is 6.10. The van der Waals surface area contributed by atoms with Crippen LogP contribution in [-0.2, 0) is 0 Å². The summed E-state index contributed by atoms with van der Waals surface area (Å²) in [5.41, 5.74) is 1.14. The number of hydrogen-bond acceptors (Lipinski definition) is 1. The van der Waals surface area contributed by atoms with Gasteiger partial charge in [0.15, 0.2) is 0 Å². The lowest BCUT2D eigenvalue weighted by molar-refractivity contribution is 0.327. The van der Waals surface area contributed by atoms with Crippen molar-refractivity contribution in [2.75, 3.05) is 5.32 Å². The van der Waals surface area contributed by atoms with Gasteiger partial charge in [-0.2, -0.15) is 0 Å². The first kappa shape index (κ1) is 13.2. The minimum atomic E-state index is 0.617. The van der Waals surface area contributed by atoms with Crippen molar-refractivity contribution in [3.05, 3.63) is 27.7 Å². The standard InChI is InChI=1S/C14H19BrClN/c1-2-10-4-3-5-11(8-10)17-12-6-7-13(15)14(16)9-12/h6-7,9-11,17H,2-5,8H2,1H3. The van der Waals surface area contributed by atoms with E-state index in [0.717, 1.165) is 21.1 Å². The molecule has 0 spiro atoms. The van der Waals surface area contributed by atoms with E-state index in [9.17, 15) is 0 Å². The van der Waals surface area contributed by atoms with Crippen LogP contribution in [0.1, 0.15) is 39.0 Å². The number of benzene rings is 1. The first-order chi connectivity index (χ1) is 8.19. The van der Waals surface area contributed by atoms with Crippen LogP contribution in [0.5, 0.6) is 0 Å². The number of nitrogens with one attached hydrogen (secondary N) is 1. The Balaban J connectivity index is 1.97. The van der Waals surface area contributed by atoms with Crippen molar-refractivity contribution in [3.8, 4) is 0 Å². The number of halogens is 2. The molecule has 2 rings (SSSR count). The highest BCUT2D eigenvalue weighted by atomic mass is 79.9. The predicted octanol–water partition coefficient (Wildman–Crippen LogP) is 5.48. The first-order valence-electron chi connectivity index (χ1n) is 6.40. The molecule has 94 valence electrons. The Kier molecular flexibility index (Phi) is 4.75. The van der Waals surface area contributed by atoms with Gasteiger partial charge in [0.05, 0.1) is 5.02 Å². The van der Waals surface area contributed by atoms with E-state index in [2.05, 4.69) is 34.2 Å². The molecule has 1 fully saturated rings. The van der Waals surface area contributed by atoms with Gasteiger partial charge in [0.25, 0.3) is 0 Å². The molecule has 0 bridgehead atoms. The third-order valence-corrected chi connectivity index (χ3v) is 4.88. The Bertz CT molecular complexity index is 380. The van der Waals surface area contributed by atoms with Crippen molar-refractivity contribution in [3.63, 3.8) is 0 Å². The summed E-state index contributed by atoms with van der Waals surface area (Å²) in [6, 6.07) is 6.71. The highest BCUT2D eigenvalue weighted by Gasteiger charge is 2.20. The molecular weight excluding hydrogens is 298 g/mol. The predicted molar refractivity (Wildman–Crippen MR) is 78.8 cm³/mol. The second-order valence-electron chi connectivity index (χ2n) is 4.91. The number of anilines is 1. The summed E-state index contributed by atoms with van der Waals surface area (Å²) in [6.07, 6.45) is 6.63. The Hall–Kier alpha value is -0.210. The van der Waals surface area contributed by atoms with Gasteiger partial charge < -0.3 is 5.32 Å². The van der Waals surface area contributed by atoms with Crippen molar-refractivity contribution in [1.82, 2.24) is 0 Å². The average Bonchev–Trinajstić information content (AvgIpc) is 2.34. The smallest absolute Gasteiger partial charge is 0.0568 e. The Morgan fingerprint density at radius 2 is 2.24 bits per heavy atom. The maximum atomic E-state index is 6.10. The normalized spacial score (nSPS) is 24.6. The number of hydrogen-bond donors (Lipinski definition) is 1. The van der Waals surface area contributed by atoms with Crippen molar-refractivity contribution in [2.24, 2.45) is 5.92 Å². The van der Waals surface area contributed by atoms with Gasteiger partial charge in [-0.05, 0) is 52.9 Å². The molecule has 1 saturated carbocycles. The SMILES string of the molecule is CCC1CCCC(Nc2ccc(Br)c(Cl)c2)C1. The van der Waals surface area contributed by atoms with Gasteiger partial charge in [-0.15, -0.1) is 0 Å². The molecule has 1 aliphatic carbocycles.